The Labute approximate surface area is 102 Å². The van der Waals surface area contributed by atoms with Gasteiger partial charge < -0.3 is 22.9 Å². The van der Waals surface area contributed by atoms with E-state index in [1.54, 1.807) is 24.3 Å². The highest BCUT2D eigenvalue weighted by atomic mass is 32.1. The van der Waals surface area contributed by atoms with E-state index in [1.165, 1.54) is 11.3 Å². The molecular weight excluding hydrogens is 232 g/mol. The van der Waals surface area contributed by atoms with Crippen LogP contribution in [0.1, 0.15) is 0 Å². The second-order valence-corrected chi connectivity index (χ2v) is 5.02. The Balaban J connectivity index is 2.69. The first-order valence-electron chi connectivity index (χ1n) is 5.13. The number of thiophene rings is 1. The van der Waals surface area contributed by atoms with Crippen LogP contribution in [0.5, 0.6) is 0 Å². The molecule has 8 N–H and O–H groups in total. The van der Waals surface area contributed by atoms with E-state index >= 15 is 0 Å². The maximum absolute atomic E-state index is 6.01. The van der Waals surface area contributed by atoms with E-state index in [0.717, 1.165) is 20.2 Å². The second-order valence-electron chi connectivity index (χ2n) is 4.00. The Morgan fingerprint density at radius 3 is 1.35 bits per heavy atom. The highest BCUT2D eigenvalue weighted by Crippen LogP contribution is 2.44. The molecule has 2 aromatic carbocycles. The van der Waals surface area contributed by atoms with Gasteiger partial charge in [0, 0.05) is 33.5 Å². The summed E-state index contributed by atoms with van der Waals surface area (Å²) in [6, 6.07) is 7.21. The van der Waals surface area contributed by atoms with Gasteiger partial charge >= 0.3 is 0 Å². The van der Waals surface area contributed by atoms with Gasteiger partial charge in [-0.2, -0.15) is 0 Å². The highest BCUT2D eigenvalue weighted by Gasteiger charge is 2.14. The Hall–Kier alpha value is -2.14. The molecule has 0 fully saturated rings. The van der Waals surface area contributed by atoms with E-state index < -0.39 is 0 Å². The van der Waals surface area contributed by atoms with E-state index in [-0.39, 0.29) is 0 Å². The lowest BCUT2D eigenvalue weighted by Crippen LogP contribution is -1.92. The van der Waals surface area contributed by atoms with Crippen molar-refractivity contribution in [3.63, 3.8) is 0 Å². The molecule has 3 rings (SSSR count). The van der Waals surface area contributed by atoms with Gasteiger partial charge in [0.25, 0.3) is 0 Å². The molecule has 0 spiro atoms. The van der Waals surface area contributed by atoms with Crippen LogP contribution in [0.3, 0.4) is 0 Å². The van der Waals surface area contributed by atoms with Gasteiger partial charge in [-0.1, -0.05) is 0 Å². The molecule has 3 aromatic rings. The van der Waals surface area contributed by atoms with Crippen LogP contribution in [0, 0.1) is 0 Å². The molecule has 0 saturated carbocycles. The normalized spacial score (nSPS) is 11.3. The number of fused-ring (bicyclic) bond motifs is 3. The lowest BCUT2D eigenvalue weighted by Gasteiger charge is -2.02. The summed E-state index contributed by atoms with van der Waals surface area (Å²) in [7, 11) is 0. The van der Waals surface area contributed by atoms with Crippen molar-refractivity contribution < 1.29 is 0 Å². The zero-order valence-electron chi connectivity index (χ0n) is 9.03. The minimum Gasteiger partial charge on any atom is -0.398 e. The predicted molar refractivity (Wildman–Crippen MR) is 77.0 cm³/mol. The van der Waals surface area contributed by atoms with Crippen LogP contribution >= 0.6 is 11.3 Å². The largest absolute Gasteiger partial charge is 0.398 e. The summed E-state index contributed by atoms with van der Waals surface area (Å²) < 4.78 is 1.90. The van der Waals surface area contributed by atoms with Crippen LogP contribution in [-0.4, -0.2) is 0 Å². The molecule has 0 amide bonds. The van der Waals surface area contributed by atoms with Gasteiger partial charge in [0.05, 0.1) is 9.40 Å². The van der Waals surface area contributed by atoms with Crippen molar-refractivity contribution in [2.45, 2.75) is 0 Å². The van der Waals surface area contributed by atoms with Gasteiger partial charge in [-0.3, -0.25) is 0 Å². The van der Waals surface area contributed by atoms with Crippen LogP contribution in [0.4, 0.5) is 22.7 Å². The van der Waals surface area contributed by atoms with Crippen molar-refractivity contribution in [2.75, 3.05) is 22.9 Å². The Morgan fingerprint density at radius 1 is 0.588 bits per heavy atom. The third kappa shape index (κ3) is 1.23. The molecule has 86 valence electrons. The number of rotatable bonds is 0. The molecule has 0 bridgehead atoms. The first-order valence-corrected chi connectivity index (χ1v) is 5.95. The van der Waals surface area contributed by atoms with Gasteiger partial charge in [0.1, 0.15) is 0 Å². The summed E-state index contributed by atoms with van der Waals surface area (Å²) in [5, 5.41) is 1.82. The number of benzene rings is 2. The van der Waals surface area contributed by atoms with E-state index in [4.69, 9.17) is 22.9 Å². The molecule has 0 unspecified atom stereocenters. The quantitative estimate of drug-likeness (QED) is 0.456. The molecule has 4 nitrogen and oxygen atoms in total. The summed E-state index contributed by atoms with van der Waals surface area (Å²) >= 11 is 1.53. The lowest BCUT2D eigenvalue weighted by atomic mass is 10.1. The average Bonchev–Trinajstić information content (AvgIpc) is 2.71. The third-order valence-corrected chi connectivity index (χ3v) is 4.18. The SMILES string of the molecule is Nc1ccc(N)c2c1sc1c(N)ccc(N)c12. The van der Waals surface area contributed by atoms with Crippen molar-refractivity contribution in [3.8, 4) is 0 Å². The van der Waals surface area contributed by atoms with Crippen molar-refractivity contribution >= 4 is 54.3 Å². The number of hydrogen-bond acceptors (Lipinski definition) is 5. The first-order chi connectivity index (χ1) is 8.09. The average molecular weight is 244 g/mol. The molecule has 0 atom stereocenters. The monoisotopic (exact) mass is 244 g/mol. The summed E-state index contributed by atoms with van der Waals surface area (Å²) in [4.78, 5) is 0. The molecule has 0 radical (unpaired) electrons. The fraction of sp³-hybridized carbons (Fsp3) is 0. The number of hydrogen-bond donors (Lipinski definition) is 4. The molecular formula is C12H12N4S. The van der Waals surface area contributed by atoms with Crippen molar-refractivity contribution in [1.29, 1.82) is 0 Å². The molecule has 1 aromatic heterocycles. The van der Waals surface area contributed by atoms with Crippen LogP contribution in [0.15, 0.2) is 24.3 Å². The maximum atomic E-state index is 6.01. The minimum absolute atomic E-state index is 0.678. The highest BCUT2D eigenvalue weighted by molar-refractivity contribution is 7.27. The molecule has 1 heterocycles. The van der Waals surface area contributed by atoms with Crippen LogP contribution in [0.2, 0.25) is 0 Å². The number of nitrogen functional groups attached to an aromatic ring is 4. The standard InChI is InChI=1S/C12H12N4S/c13-5-1-3-7(15)11-9(5)10-6(14)2-4-8(16)12(10)17-11/h1-4H,13-16H2. The molecule has 0 aliphatic rings. The van der Waals surface area contributed by atoms with Crippen molar-refractivity contribution in [3.05, 3.63) is 24.3 Å². The zero-order chi connectivity index (χ0) is 12.2. The smallest absolute Gasteiger partial charge is 0.0607 e. The summed E-state index contributed by atoms with van der Waals surface area (Å²) in [6.07, 6.45) is 0. The summed E-state index contributed by atoms with van der Waals surface area (Å²) in [6.45, 7) is 0. The van der Waals surface area contributed by atoms with E-state index in [2.05, 4.69) is 0 Å². The second kappa shape index (κ2) is 3.18. The van der Waals surface area contributed by atoms with E-state index in [9.17, 15) is 0 Å². The summed E-state index contributed by atoms with van der Waals surface area (Å²) in [5.41, 5.74) is 26.7. The molecule has 17 heavy (non-hydrogen) atoms. The Morgan fingerprint density at radius 2 is 0.941 bits per heavy atom. The molecule has 5 heteroatoms. The maximum Gasteiger partial charge on any atom is 0.0607 e. The third-order valence-electron chi connectivity index (χ3n) is 2.89. The molecule has 0 aliphatic carbocycles. The number of nitrogens with two attached hydrogens (primary N) is 4. The van der Waals surface area contributed by atoms with Gasteiger partial charge in [0.2, 0.25) is 0 Å². The van der Waals surface area contributed by atoms with Crippen LogP contribution < -0.4 is 22.9 Å². The van der Waals surface area contributed by atoms with Gasteiger partial charge in [0.15, 0.2) is 0 Å². The fourth-order valence-electron chi connectivity index (χ4n) is 2.07. The van der Waals surface area contributed by atoms with Gasteiger partial charge in [-0.25, -0.2) is 0 Å². The van der Waals surface area contributed by atoms with Crippen molar-refractivity contribution in [1.82, 2.24) is 0 Å². The topological polar surface area (TPSA) is 104 Å². The predicted octanol–water partition coefficient (Wildman–Crippen LogP) is 2.38. The first kappa shape index (κ1) is 10.0. The van der Waals surface area contributed by atoms with Crippen LogP contribution in [0.25, 0.3) is 20.2 Å². The van der Waals surface area contributed by atoms with E-state index in [1.807, 2.05) is 0 Å². The zero-order valence-corrected chi connectivity index (χ0v) is 9.84. The fourth-order valence-corrected chi connectivity index (χ4v) is 3.29. The van der Waals surface area contributed by atoms with Gasteiger partial charge in [-0.05, 0) is 24.3 Å². The number of anilines is 4. The summed E-state index contributed by atoms with van der Waals surface area (Å²) in [5.74, 6) is 0. The Kier molecular flexibility index (Phi) is 1.88. The molecule has 0 aliphatic heterocycles. The van der Waals surface area contributed by atoms with E-state index in [0.29, 0.717) is 22.7 Å². The minimum atomic E-state index is 0.678. The van der Waals surface area contributed by atoms with Gasteiger partial charge in [-0.15, -0.1) is 11.3 Å². The lowest BCUT2D eigenvalue weighted by molar-refractivity contribution is 1.76. The Bertz CT molecular complexity index is 683. The molecule has 0 saturated heterocycles. The van der Waals surface area contributed by atoms with Crippen LogP contribution in [-0.2, 0) is 0 Å². The van der Waals surface area contributed by atoms with Crippen molar-refractivity contribution in [2.24, 2.45) is 0 Å².